The number of carboxylic acids is 1. The van der Waals surface area contributed by atoms with Crippen molar-refractivity contribution in [2.45, 2.75) is 19.4 Å². The maximum absolute atomic E-state index is 12.6. The highest BCUT2D eigenvalue weighted by atomic mass is 32.1. The minimum Gasteiger partial charge on any atom is -0.481 e. The van der Waals surface area contributed by atoms with Gasteiger partial charge < -0.3 is 9.84 Å². The number of nitrogens with zero attached hydrogens (tertiary/aromatic N) is 3. The molecule has 0 aliphatic carbocycles. The van der Waals surface area contributed by atoms with Crippen LogP contribution < -0.4 is 5.32 Å². The molecule has 5 aromatic rings. The van der Waals surface area contributed by atoms with E-state index in [0.29, 0.717) is 11.5 Å². The maximum atomic E-state index is 12.6. The molecule has 2 aromatic carbocycles. The highest BCUT2D eigenvalue weighted by molar-refractivity contribution is 7.31. The Morgan fingerprint density at radius 3 is 2.39 bits per heavy atom. The number of anilines is 1. The second kappa shape index (κ2) is 9.92. The fourth-order valence-corrected chi connectivity index (χ4v) is 6.19. The lowest BCUT2D eigenvalue weighted by atomic mass is 10.1. The minimum absolute atomic E-state index is 0.0103. The van der Waals surface area contributed by atoms with E-state index in [-0.39, 0.29) is 6.42 Å². The third-order valence-corrected chi connectivity index (χ3v) is 7.98. The van der Waals surface area contributed by atoms with Gasteiger partial charge in [-0.3, -0.25) is 10.1 Å². The molecule has 5 rings (SSSR count). The Bertz CT molecular complexity index is 1510. The highest BCUT2D eigenvalue weighted by Gasteiger charge is 2.21. The molecule has 8 nitrogen and oxygen atoms in total. The lowest BCUT2D eigenvalue weighted by molar-refractivity contribution is -0.136. The van der Waals surface area contributed by atoms with E-state index in [9.17, 15) is 9.59 Å². The van der Waals surface area contributed by atoms with Gasteiger partial charge in [-0.25, -0.2) is 9.48 Å². The van der Waals surface area contributed by atoms with Crippen molar-refractivity contribution in [2.75, 3.05) is 5.32 Å². The molecular formula is C26H22N4O4S2. The van der Waals surface area contributed by atoms with E-state index in [2.05, 4.69) is 21.7 Å². The number of carbonyl (C=O) groups is 2. The molecule has 1 amide bonds. The number of carbonyl (C=O) groups excluding carboxylic acids is 1. The van der Waals surface area contributed by atoms with E-state index in [4.69, 9.17) is 9.84 Å². The van der Waals surface area contributed by atoms with E-state index >= 15 is 0 Å². The quantitative estimate of drug-likeness (QED) is 0.260. The Morgan fingerprint density at radius 2 is 1.69 bits per heavy atom. The number of nitrogens with one attached hydrogen (secondary N) is 1. The topological polar surface area (TPSA) is 106 Å². The van der Waals surface area contributed by atoms with Crippen LogP contribution in [-0.2, 0) is 23.0 Å². The Hall–Kier alpha value is -4.02. The molecule has 36 heavy (non-hydrogen) atoms. The average molecular weight is 519 g/mol. The zero-order chi connectivity index (χ0) is 25.2. The normalized spacial score (nSPS) is 11.9. The van der Waals surface area contributed by atoms with Crippen LogP contribution in [0.3, 0.4) is 0 Å². The van der Waals surface area contributed by atoms with Gasteiger partial charge in [-0.05, 0) is 35.7 Å². The number of hydrogen-bond acceptors (Lipinski definition) is 7. The molecule has 0 fully saturated rings. The number of rotatable bonds is 7. The summed E-state index contributed by atoms with van der Waals surface area (Å²) in [6.45, 7) is 1.82. The molecule has 182 valence electrons. The van der Waals surface area contributed by atoms with Crippen LogP contribution in [0.2, 0.25) is 0 Å². The first-order chi connectivity index (χ1) is 17.4. The van der Waals surface area contributed by atoms with E-state index in [1.165, 1.54) is 4.68 Å². The van der Waals surface area contributed by atoms with Crippen molar-refractivity contribution in [3.63, 3.8) is 0 Å². The van der Waals surface area contributed by atoms with Crippen molar-refractivity contribution in [3.05, 3.63) is 77.9 Å². The number of amides is 1. The Kier molecular flexibility index (Phi) is 6.53. The summed E-state index contributed by atoms with van der Waals surface area (Å²) in [6, 6.07) is 21.3. The number of ether oxygens (including phenoxy) is 1. The zero-order valence-corrected chi connectivity index (χ0v) is 21.1. The van der Waals surface area contributed by atoms with Crippen molar-refractivity contribution in [1.82, 2.24) is 15.0 Å². The number of benzene rings is 2. The van der Waals surface area contributed by atoms with Crippen molar-refractivity contribution in [2.24, 2.45) is 7.05 Å². The van der Waals surface area contributed by atoms with E-state index in [0.717, 1.165) is 35.8 Å². The molecule has 0 saturated heterocycles. The molecule has 0 bridgehead atoms. The van der Waals surface area contributed by atoms with Crippen molar-refractivity contribution >= 4 is 50.0 Å². The van der Waals surface area contributed by atoms with E-state index in [1.54, 1.807) is 29.7 Å². The van der Waals surface area contributed by atoms with Crippen LogP contribution in [0, 0.1) is 0 Å². The largest absolute Gasteiger partial charge is 0.481 e. The van der Waals surface area contributed by atoms with Gasteiger partial charge in [0.25, 0.3) is 0 Å². The van der Waals surface area contributed by atoms with E-state index < -0.39 is 18.2 Å². The van der Waals surface area contributed by atoms with Crippen LogP contribution in [-0.4, -0.2) is 32.2 Å². The summed E-state index contributed by atoms with van der Waals surface area (Å²) in [7, 11) is 1.72. The van der Waals surface area contributed by atoms with Crippen LogP contribution in [0.25, 0.3) is 30.4 Å². The van der Waals surface area contributed by atoms with Crippen LogP contribution in [0.15, 0.2) is 66.7 Å². The fourth-order valence-electron chi connectivity index (χ4n) is 3.80. The predicted molar refractivity (Wildman–Crippen MR) is 141 cm³/mol. The molecule has 1 unspecified atom stereocenters. The van der Waals surface area contributed by atoms with Crippen LogP contribution >= 0.6 is 22.7 Å². The summed E-state index contributed by atoms with van der Waals surface area (Å²) in [5, 5.41) is 20.1. The first-order valence-corrected chi connectivity index (χ1v) is 12.8. The summed E-state index contributed by atoms with van der Waals surface area (Å²) in [4.78, 5) is 25.5. The zero-order valence-electron chi connectivity index (χ0n) is 19.5. The minimum atomic E-state index is -0.844. The Labute approximate surface area is 214 Å². The molecule has 0 aliphatic heterocycles. The molecule has 3 heterocycles. The first-order valence-electron chi connectivity index (χ1n) is 11.1. The molecule has 0 spiro atoms. The highest BCUT2D eigenvalue weighted by Crippen LogP contribution is 2.42. The van der Waals surface area contributed by atoms with Gasteiger partial charge in [0, 0.05) is 21.3 Å². The van der Waals surface area contributed by atoms with Gasteiger partial charge >= 0.3 is 12.1 Å². The number of fused-ring (bicyclic) bond motifs is 1. The number of aliphatic carboxylic acids is 1. The number of hydrogen-bond donors (Lipinski definition) is 2. The van der Waals surface area contributed by atoms with Crippen molar-refractivity contribution < 1.29 is 19.4 Å². The lowest BCUT2D eigenvalue weighted by Gasteiger charge is -2.14. The van der Waals surface area contributed by atoms with Gasteiger partial charge in [-0.15, -0.1) is 27.8 Å². The molecule has 0 saturated carbocycles. The number of aromatic nitrogens is 3. The fraction of sp³-hybridized carbons (Fsp3) is 0.154. The lowest BCUT2D eigenvalue weighted by Crippen LogP contribution is -2.18. The molecule has 2 N–H and O–H groups in total. The van der Waals surface area contributed by atoms with Gasteiger partial charge in [0.2, 0.25) is 0 Å². The summed E-state index contributed by atoms with van der Waals surface area (Å²) < 4.78 is 9.25. The van der Waals surface area contributed by atoms with Gasteiger partial charge in [0.05, 0.1) is 11.3 Å². The Morgan fingerprint density at radius 1 is 1.03 bits per heavy atom. The predicted octanol–water partition coefficient (Wildman–Crippen LogP) is 6.36. The standard InChI is InChI=1S/C26H22N4O4S2/c1-15(17-6-4-3-5-7-17)34-26(33)27-25-24(28-29-30(25)2)22-14-21-20(36-22)13-19(35-21)18-10-8-16(9-11-18)12-23(31)32/h3-11,13-15H,12H2,1-2H3,(H,27,33)(H,31,32). The average Bonchev–Trinajstić information content (AvgIpc) is 3.53. The van der Waals surface area contributed by atoms with Crippen LogP contribution in [0.4, 0.5) is 10.6 Å². The first kappa shape index (κ1) is 23.7. The molecule has 3 aromatic heterocycles. The van der Waals surface area contributed by atoms with Gasteiger partial charge in [0.15, 0.2) is 5.82 Å². The van der Waals surface area contributed by atoms with Gasteiger partial charge in [0.1, 0.15) is 11.8 Å². The summed E-state index contributed by atoms with van der Waals surface area (Å²) >= 11 is 3.21. The third kappa shape index (κ3) is 5.00. The molecular weight excluding hydrogens is 496 g/mol. The summed E-state index contributed by atoms with van der Waals surface area (Å²) in [5.41, 5.74) is 3.29. The van der Waals surface area contributed by atoms with Crippen molar-refractivity contribution in [3.8, 4) is 21.0 Å². The SMILES string of the molecule is CC(OC(=O)Nc1c(-c2cc3sc(-c4ccc(CC(=O)O)cc4)cc3s2)nnn1C)c1ccccc1. The third-order valence-electron chi connectivity index (χ3n) is 5.63. The molecule has 1 atom stereocenters. The smallest absolute Gasteiger partial charge is 0.413 e. The molecule has 10 heteroatoms. The van der Waals surface area contributed by atoms with Crippen LogP contribution in [0.5, 0.6) is 0 Å². The number of carboxylic acid groups (broad SMARTS) is 1. The van der Waals surface area contributed by atoms with Crippen LogP contribution in [0.1, 0.15) is 24.2 Å². The second-order valence-electron chi connectivity index (χ2n) is 8.21. The van der Waals surface area contributed by atoms with E-state index in [1.807, 2.05) is 67.6 Å². The second-order valence-corrected chi connectivity index (χ2v) is 10.4. The maximum Gasteiger partial charge on any atom is 0.413 e. The molecule has 0 radical (unpaired) electrons. The number of thiophene rings is 2. The Balaban J connectivity index is 1.33. The number of aryl methyl sites for hydroxylation is 1. The van der Waals surface area contributed by atoms with Crippen molar-refractivity contribution in [1.29, 1.82) is 0 Å². The van der Waals surface area contributed by atoms with Gasteiger partial charge in [-0.2, -0.15) is 0 Å². The monoisotopic (exact) mass is 518 g/mol. The summed E-state index contributed by atoms with van der Waals surface area (Å²) in [6.07, 6.45) is -0.972. The van der Waals surface area contributed by atoms with Gasteiger partial charge in [-0.1, -0.05) is 59.8 Å². The molecule has 0 aliphatic rings. The summed E-state index contributed by atoms with van der Waals surface area (Å²) in [5.74, 6) is -0.382.